The van der Waals surface area contributed by atoms with Gasteiger partial charge in [-0.1, -0.05) is 42.5 Å². The Bertz CT molecular complexity index is 629. The molecule has 0 saturated carbocycles. The van der Waals surface area contributed by atoms with E-state index in [-0.39, 0.29) is 5.54 Å². The zero-order valence-electron chi connectivity index (χ0n) is 13.4. The molecule has 0 saturated heterocycles. The third-order valence-corrected chi connectivity index (χ3v) is 4.54. The fourth-order valence-corrected chi connectivity index (χ4v) is 3.25. The van der Waals surface area contributed by atoms with Gasteiger partial charge in [0.25, 0.3) is 0 Å². The van der Waals surface area contributed by atoms with E-state index in [1.807, 2.05) is 6.07 Å². The lowest BCUT2D eigenvalue weighted by molar-refractivity contribution is 0.550. The Morgan fingerprint density at radius 3 is 2.09 bits per heavy atom. The molecular weight excluding hydrogens is 270 g/mol. The Morgan fingerprint density at radius 2 is 1.55 bits per heavy atom. The monoisotopic (exact) mass is 293 g/mol. The van der Waals surface area contributed by atoms with Crippen LogP contribution in [0.1, 0.15) is 31.4 Å². The Labute approximate surface area is 132 Å². The molecule has 0 amide bonds. The lowest BCUT2D eigenvalue weighted by Gasteiger charge is -2.27. The highest BCUT2D eigenvalue weighted by atomic mass is 15.2. The van der Waals surface area contributed by atoms with Crippen LogP contribution >= 0.6 is 0 Å². The minimum atomic E-state index is -0.303. The molecule has 3 heteroatoms. The molecule has 0 fully saturated rings. The number of hydrogen-bond acceptors (Lipinski definition) is 3. The maximum atomic E-state index is 4.63. The van der Waals surface area contributed by atoms with Crippen LogP contribution in [-0.2, 0) is 5.54 Å². The molecule has 3 nitrogen and oxygen atoms in total. The second-order valence-electron chi connectivity index (χ2n) is 5.66. The van der Waals surface area contributed by atoms with Gasteiger partial charge in [0.1, 0.15) is 5.54 Å². The third-order valence-electron chi connectivity index (χ3n) is 4.54. The zero-order chi connectivity index (χ0) is 15.4. The van der Waals surface area contributed by atoms with Crippen LogP contribution in [0.25, 0.3) is 0 Å². The Kier molecular flexibility index (Phi) is 4.23. The number of azo groups is 1. The van der Waals surface area contributed by atoms with Gasteiger partial charge < -0.3 is 4.90 Å². The van der Waals surface area contributed by atoms with Crippen LogP contribution < -0.4 is 4.90 Å². The highest BCUT2D eigenvalue weighted by Crippen LogP contribution is 2.41. The minimum Gasteiger partial charge on any atom is -0.372 e. The third kappa shape index (κ3) is 2.52. The van der Waals surface area contributed by atoms with Crippen molar-refractivity contribution in [3.8, 4) is 0 Å². The van der Waals surface area contributed by atoms with Crippen molar-refractivity contribution >= 4 is 5.69 Å². The fraction of sp³-hybridized carbons (Fsp3) is 0.368. The number of anilines is 1. The van der Waals surface area contributed by atoms with Crippen LogP contribution in [0.3, 0.4) is 0 Å². The Hall–Kier alpha value is -2.16. The van der Waals surface area contributed by atoms with Crippen LogP contribution in [0.2, 0.25) is 0 Å². The average Bonchev–Trinajstić information content (AvgIpc) is 3.08. The van der Waals surface area contributed by atoms with E-state index in [1.165, 1.54) is 16.8 Å². The molecule has 1 aliphatic heterocycles. The Balaban J connectivity index is 1.99. The second-order valence-corrected chi connectivity index (χ2v) is 5.66. The number of rotatable bonds is 5. The number of nitrogens with zero attached hydrogens (tertiary/aromatic N) is 3. The molecule has 1 aliphatic rings. The van der Waals surface area contributed by atoms with Gasteiger partial charge >= 0.3 is 0 Å². The topological polar surface area (TPSA) is 28.0 Å². The summed E-state index contributed by atoms with van der Waals surface area (Å²) in [6.07, 6.45) is 0.946. The van der Waals surface area contributed by atoms with Gasteiger partial charge in [0.15, 0.2) is 0 Å². The molecule has 2 aromatic rings. The molecule has 1 unspecified atom stereocenters. The summed E-state index contributed by atoms with van der Waals surface area (Å²) in [7, 11) is 0. The summed E-state index contributed by atoms with van der Waals surface area (Å²) in [6, 6.07) is 19.4. The molecule has 1 heterocycles. The van der Waals surface area contributed by atoms with Gasteiger partial charge in [0.2, 0.25) is 0 Å². The SMILES string of the molecule is CCN(CC)c1ccc(C2(c3ccccc3)CCN=N2)cc1. The molecule has 3 rings (SSSR count). The first kappa shape index (κ1) is 14.8. The van der Waals surface area contributed by atoms with Crippen molar-refractivity contribution in [1.29, 1.82) is 0 Å². The molecule has 0 aromatic heterocycles. The van der Waals surface area contributed by atoms with E-state index < -0.39 is 0 Å². The highest BCUT2D eigenvalue weighted by Gasteiger charge is 2.37. The molecule has 0 aliphatic carbocycles. The average molecular weight is 293 g/mol. The maximum absolute atomic E-state index is 4.63. The Morgan fingerprint density at radius 1 is 0.909 bits per heavy atom. The van der Waals surface area contributed by atoms with Gasteiger partial charge in [-0.05, 0) is 37.1 Å². The normalized spacial score (nSPS) is 20.3. The van der Waals surface area contributed by atoms with Crippen molar-refractivity contribution in [2.75, 3.05) is 24.5 Å². The zero-order valence-corrected chi connectivity index (χ0v) is 13.4. The van der Waals surface area contributed by atoms with Crippen LogP contribution in [0.4, 0.5) is 5.69 Å². The summed E-state index contributed by atoms with van der Waals surface area (Å²) in [5.74, 6) is 0. The van der Waals surface area contributed by atoms with Gasteiger partial charge in [-0.2, -0.15) is 10.2 Å². The lowest BCUT2D eigenvalue weighted by atomic mass is 9.81. The van der Waals surface area contributed by atoms with Gasteiger partial charge in [-0.3, -0.25) is 0 Å². The van der Waals surface area contributed by atoms with Gasteiger partial charge in [0.05, 0.1) is 6.54 Å². The first-order valence-corrected chi connectivity index (χ1v) is 8.10. The van der Waals surface area contributed by atoms with Crippen LogP contribution in [-0.4, -0.2) is 19.6 Å². The van der Waals surface area contributed by atoms with E-state index in [1.54, 1.807) is 0 Å². The first-order valence-electron chi connectivity index (χ1n) is 8.10. The summed E-state index contributed by atoms with van der Waals surface area (Å²) in [4.78, 5) is 2.36. The molecule has 2 aromatic carbocycles. The van der Waals surface area contributed by atoms with Crippen LogP contribution in [0.15, 0.2) is 64.8 Å². The van der Waals surface area contributed by atoms with E-state index in [0.29, 0.717) is 0 Å². The minimum absolute atomic E-state index is 0.303. The summed E-state index contributed by atoms with van der Waals surface area (Å²) in [5.41, 5.74) is 3.43. The van der Waals surface area contributed by atoms with Gasteiger partial charge in [-0.15, -0.1) is 0 Å². The summed E-state index contributed by atoms with van der Waals surface area (Å²) >= 11 is 0. The van der Waals surface area contributed by atoms with E-state index in [0.717, 1.165) is 26.1 Å². The van der Waals surface area contributed by atoms with Gasteiger partial charge in [-0.25, -0.2) is 0 Å². The summed E-state index contributed by atoms with van der Waals surface area (Å²) < 4.78 is 0. The lowest BCUT2D eigenvalue weighted by Crippen LogP contribution is -2.24. The van der Waals surface area contributed by atoms with Crippen LogP contribution in [0.5, 0.6) is 0 Å². The molecule has 114 valence electrons. The fourth-order valence-electron chi connectivity index (χ4n) is 3.25. The maximum Gasteiger partial charge on any atom is 0.133 e. The van der Waals surface area contributed by atoms with E-state index >= 15 is 0 Å². The number of benzene rings is 2. The quantitative estimate of drug-likeness (QED) is 0.789. The standard InChI is InChI=1S/C19H23N3/c1-3-22(4-2)18-12-10-17(11-13-18)19(14-15-20-21-19)16-8-6-5-7-9-16/h5-13H,3-4,14-15H2,1-2H3. The molecule has 0 radical (unpaired) electrons. The molecule has 0 bridgehead atoms. The van der Waals surface area contributed by atoms with Crippen molar-refractivity contribution in [3.63, 3.8) is 0 Å². The second kappa shape index (κ2) is 6.30. The van der Waals surface area contributed by atoms with Crippen molar-refractivity contribution < 1.29 is 0 Å². The summed E-state index contributed by atoms with van der Waals surface area (Å²) in [6.45, 7) is 7.23. The molecule has 0 N–H and O–H groups in total. The van der Waals surface area contributed by atoms with Crippen molar-refractivity contribution in [1.82, 2.24) is 0 Å². The molecular formula is C19H23N3. The number of hydrogen-bond donors (Lipinski definition) is 0. The predicted molar refractivity (Wildman–Crippen MR) is 91.6 cm³/mol. The first-order chi connectivity index (χ1) is 10.8. The highest BCUT2D eigenvalue weighted by molar-refractivity contribution is 5.50. The largest absolute Gasteiger partial charge is 0.372 e. The summed E-state index contributed by atoms with van der Waals surface area (Å²) in [5, 5.41) is 8.93. The molecule has 0 spiro atoms. The van der Waals surface area contributed by atoms with Crippen molar-refractivity contribution in [2.24, 2.45) is 10.2 Å². The smallest absolute Gasteiger partial charge is 0.133 e. The van der Waals surface area contributed by atoms with Crippen LogP contribution in [0, 0.1) is 0 Å². The van der Waals surface area contributed by atoms with Crippen molar-refractivity contribution in [2.45, 2.75) is 25.8 Å². The molecule has 1 atom stereocenters. The van der Waals surface area contributed by atoms with E-state index in [2.05, 4.69) is 77.5 Å². The van der Waals surface area contributed by atoms with Crippen molar-refractivity contribution in [3.05, 3.63) is 65.7 Å². The van der Waals surface area contributed by atoms with Gasteiger partial charge in [0, 0.05) is 25.2 Å². The van der Waals surface area contributed by atoms with E-state index in [9.17, 15) is 0 Å². The predicted octanol–water partition coefficient (Wildman–Crippen LogP) is 4.63. The van der Waals surface area contributed by atoms with E-state index in [4.69, 9.17) is 0 Å². The molecule has 22 heavy (non-hydrogen) atoms.